The van der Waals surface area contributed by atoms with Crippen LogP contribution in [-0.2, 0) is 0 Å². The Morgan fingerprint density at radius 1 is 1.33 bits per heavy atom. The predicted molar refractivity (Wildman–Crippen MR) is 85.6 cm³/mol. The Bertz CT molecular complexity index is 689. The number of hydrogen-bond acceptors (Lipinski definition) is 5. The first-order valence-corrected chi connectivity index (χ1v) is 8.19. The first-order valence-electron chi connectivity index (χ1n) is 7.38. The molecule has 1 aliphatic carbocycles. The number of aromatic nitrogens is 2. The number of amides is 1. The molecule has 0 bridgehead atoms. The Kier molecular flexibility index (Phi) is 3.80. The Hall–Kier alpha value is -1.69. The van der Waals surface area contributed by atoms with Gasteiger partial charge in [-0.2, -0.15) is 5.10 Å². The number of anilines is 1. The van der Waals surface area contributed by atoms with Gasteiger partial charge in [-0.05, 0) is 38.2 Å². The van der Waals surface area contributed by atoms with E-state index < -0.39 is 0 Å². The fraction of sp³-hybridized carbons (Fsp3) is 0.533. The second-order valence-electron chi connectivity index (χ2n) is 5.80. The van der Waals surface area contributed by atoms with E-state index in [1.165, 1.54) is 37.0 Å². The molecule has 0 radical (unpaired) electrons. The highest BCUT2D eigenvalue weighted by Crippen LogP contribution is 2.34. The molecule has 0 aliphatic heterocycles. The van der Waals surface area contributed by atoms with E-state index in [9.17, 15) is 4.79 Å². The van der Waals surface area contributed by atoms with Crippen LogP contribution in [0.4, 0.5) is 5.69 Å². The molecule has 0 saturated heterocycles. The van der Waals surface area contributed by atoms with E-state index in [0.29, 0.717) is 16.5 Å². The van der Waals surface area contributed by atoms with Crippen LogP contribution in [0.5, 0.6) is 0 Å². The van der Waals surface area contributed by atoms with Gasteiger partial charge >= 0.3 is 0 Å². The van der Waals surface area contributed by atoms with Gasteiger partial charge in [-0.15, -0.1) is 16.4 Å². The van der Waals surface area contributed by atoms with Crippen molar-refractivity contribution in [2.24, 2.45) is 5.92 Å². The zero-order valence-corrected chi connectivity index (χ0v) is 13.2. The summed E-state index contributed by atoms with van der Waals surface area (Å²) >= 11 is 1.33. The Labute approximate surface area is 127 Å². The summed E-state index contributed by atoms with van der Waals surface area (Å²) in [5, 5.41) is 12.1. The summed E-state index contributed by atoms with van der Waals surface area (Å²) in [4.78, 5) is 13.7. The molecule has 1 aliphatic rings. The van der Waals surface area contributed by atoms with Crippen LogP contribution in [0.3, 0.4) is 0 Å². The lowest BCUT2D eigenvalue weighted by molar-refractivity contribution is 0.0952. The summed E-state index contributed by atoms with van der Waals surface area (Å²) in [6, 6.07) is 0. The molecule has 1 amide bonds. The average molecular weight is 304 g/mol. The highest BCUT2D eigenvalue weighted by Gasteiger charge is 2.21. The third-order valence-corrected chi connectivity index (χ3v) is 5.46. The van der Waals surface area contributed by atoms with Gasteiger partial charge in [0.05, 0.1) is 11.4 Å². The van der Waals surface area contributed by atoms with E-state index in [2.05, 4.69) is 15.5 Å². The van der Waals surface area contributed by atoms with Crippen LogP contribution >= 0.6 is 11.3 Å². The number of nitrogens with two attached hydrogens (primary N) is 1. The van der Waals surface area contributed by atoms with Crippen LogP contribution in [0, 0.1) is 19.8 Å². The van der Waals surface area contributed by atoms with Crippen molar-refractivity contribution in [3.63, 3.8) is 0 Å². The van der Waals surface area contributed by atoms with Gasteiger partial charge in [-0.1, -0.05) is 12.8 Å². The highest BCUT2D eigenvalue weighted by molar-refractivity contribution is 7.21. The summed E-state index contributed by atoms with van der Waals surface area (Å²) in [5.74, 6) is 0.535. The molecule has 112 valence electrons. The fourth-order valence-electron chi connectivity index (χ4n) is 2.94. The van der Waals surface area contributed by atoms with Crippen LogP contribution in [0.2, 0.25) is 0 Å². The maximum Gasteiger partial charge on any atom is 0.263 e. The van der Waals surface area contributed by atoms with Crippen molar-refractivity contribution < 1.29 is 4.79 Å². The average Bonchev–Trinajstić information content (AvgIpc) is 3.09. The van der Waals surface area contributed by atoms with Crippen molar-refractivity contribution in [1.29, 1.82) is 0 Å². The van der Waals surface area contributed by atoms with E-state index in [0.717, 1.165) is 28.0 Å². The summed E-state index contributed by atoms with van der Waals surface area (Å²) in [6.45, 7) is 4.62. The van der Waals surface area contributed by atoms with Crippen molar-refractivity contribution in [3.8, 4) is 0 Å². The molecule has 5 nitrogen and oxygen atoms in total. The number of aryl methyl sites for hydroxylation is 2. The first-order chi connectivity index (χ1) is 10.1. The number of fused-ring (bicyclic) bond motifs is 1. The molecular formula is C15H20N4OS. The first kappa shape index (κ1) is 14.3. The molecule has 0 unspecified atom stereocenters. The normalized spacial score (nSPS) is 15.7. The molecule has 6 heteroatoms. The summed E-state index contributed by atoms with van der Waals surface area (Å²) in [7, 11) is 0. The molecule has 0 aromatic carbocycles. The summed E-state index contributed by atoms with van der Waals surface area (Å²) < 4.78 is 0. The minimum Gasteiger partial charge on any atom is -0.397 e. The minimum absolute atomic E-state index is 0.0838. The van der Waals surface area contributed by atoms with E-state index in [1.807, 2.05) is 13.8 Å². The van der Waals surface area contributed by atoms with Gasteiger partial charge in [0.1, 0.15) is 9.71 Å². The van der Waals surface area contributed by atoms with Crippen molar-refractivity contribution in [2.75, 3.05) is 12.3 Å². The lowest BCUT2D eigenvalue weighted by Gasteiger charge is -2.10. The standard InChI is InChI=1S/C15H20N4OS/c1-8-9(2)18-19-15-11(8)12(16)13(21-15)14(20)17-7-10-5-3-4-6-10/h10H,3-7,16H2,1-2H3,(H,17,20). The zero-order chi connectivity index (χ0) is 15.0. The van der Waals surface area contributed by atoms with Crippen molar-refractivity contribution >= 4 is 33.1 Å². The van der Waals surface area contributed by atoms with Gasteiger partial charge in [0.25, 0.3) is 5.91 Å². The van der Waals surface area contributed by atoms with Crippen LogP contribution in [0.15, 0.2) is 0 Å². The third kappa shape index (κ3) is 2.60. The van der Waals surface area contributed by atoms with Gasteiger partial charge in [0.2, 0.25) is 0 Å². The molecule has 3 rings (SSSR count). The van der Waals surface area contributed by atoms with Crippen LogP contribution in [0.25, 0.3) is 10.2 Å². The van der Waals surface area contributed by atoms with Gasteiger partial charge in [0.15, 0.2) is 0 Å². The molecule has 2 aromatic heterocycles. The summed E-state index contributed by atoms with van der Waals surface area (Å²) in [5.41, 5.74) is 8.57. The lowest BCUT2D eigenvalue weighted by Crippen LogP contribution is -2.28. The molecule has 21 heavy (non-hydrogen) atoms. The van der Waals surface area contributed by atoms with Gasteiger partial charge in [0, 0.05) is 11.9 Å². The Morgan fingerprint density at radius 2 is 2.05 bits per heavy atom. The monoisotopic (exact) mass is 304 g/mol. The molecule has 3 N–H and O–H groups in total. The highest BCUT2D eigenvalue weighted by atomic mass is 32.1. The molecule has 0 spiro atoms. The number of nitrogen functional groups attached to an aromatic ring is 1. The van der Waals surface area contributed by atoms with Crippen molar-refractivity contribution in [2.45, 2.75) is 39.5 Å². The topological polar surface area (TPSA) is 80.9 Å². The second kappa shape index (κ2) is 5.60. The van der Waals surface area contributed by atoms with Crippen LogP contribution in [-0.4, -0.2) is 22.6 Å². The number of carbonyl (C=O) groups excluding carboxylic acids is 1. The SMILES string of the molecule is Cc1nnc2sc(C(=O)NCC3CCCC3)c(N)c2c1C. The van der Waals surface area contributed by atoms with Crippen LogP contribution < -0.4 is 11.1 Å². The van der Waals surface area contributed by atoms with Crippen molar-refractivity contribution in [1.82, 2.24) is 15.5 Å². The Morgan fingerprint density at radius 3 is 2.76 bits per heavy atom. The zero-order valence-electron chi connectivity index (χ0n) is 12.4. The quantitative estimate of drug-likeness (QED) is 0.913. The molecule has 0 atom stereocenters. The smallest absolute Gasteiger partial charge is 0.263 e. The van der Waals surface area contributed by atoms with E-state index >= 15 is 0 Å². The molecule has 2 heterocycles. The van der Waals surface area contributed by atoms with E-state index in [4.69, 9.17) is 5.73 Å². The molecule has 1 saturated carbocycles. The number of carbonyl (C=O) groups is 1. The Balaban J connectivity index is 1.84. The molecule has 2 aromatic rings. The van der Waals surface area contributed by atoms with E-state index in [-0.39, 0.29) is 5.91 Å². The predicted octanol–water partition coefficient (Wildman–Crippen LogP) is 2.81. The van der Waals surface area contributed by atoms with Gasteiger partial charge < -0.3 is 11.1 Å². The minimum atomic E-state index is -0.0838. The fourth-order valence-corrected chi connectivity index (χ4v) is 3.96. The second-order valence-corrected chi connectivity index (χ2v) is 6.80. The van der Waals surface area contributed by atoms with Crippen molar-refractivity contribution in [3.05, 3.63) is 16.1 Å². The third-order valence-electron chi connectivity index (χ3n) is 4.37. The van der Waals surface area contributed by atoms with E-state index in [1.54, 1.807) is 0 Å². The maximum atomic E-state index is 12.4. The number of nitrogens with zero attached hydrogens (tertiary/aromatic N) is 2. The van der Waals surface area contributed by atoms with Crippen LogP contribution in [0.1, 0.15) is 46.6 Å². The van der Waals surface area contributed by atoms with Gasteiger partial charge in [-0.25, -0.2) is 0 Å². The molecule has 1 fully saturated rings. The summed E-state index contributed by atoms with van der Waals surface area (Å²) in [6.07, 6.45) is 4.98. The number of nitrogens with one attached hydrogen (secondary N) is 1. The van der Waals surface area contributed by atoms with Gasteiger partial charge in [-0.3, -0.25) is 4.79 Å². The molecular weight excluding hydrogens is 284 g/mol. The number of rotatable bonds is 3. The maximum absolute atomic E-state index is 12.4. The largest absolute Gasteiger partial charge is 0.397 e. The lowest BCUT2D eigenvalue weighted by atomic mass is 10.1. The number of hydrogen-bond donors (Lipinski definition) is 2. The number of thiophene rings is 1.